The van der Waals surface area contributed by atoms with Gasteiger partial charge in [-0.3, -0.25) is 0 Å². The fraction of sp³-hybridized carbons (Fsp3) is 0.133. The summed E-state index contributed by atoms with van der Waals surface area (Å²) in [7, 11) is 0. The minimum Gasteiger partial charge on any atom is -0.361 e. The molecule has 2 nitrogen and oxygen atoms in total. The summed E-state index contributed by atoms with van der Waals surface area (Å²) in [4.78, 5) is 10.4. The van der Waals surface area contributed by atoms with E-state index < -0.39 is 0 Å². The quantitative estimate of drug-likeness (QED) is 0.732. The van der Waals surface area contributed by atoms with Crippen LogP contribution >= 0.6 is 0 Å². The number of hydrogen-bond donors (Lipinski definition) is 0. The summed E-state index contributed by atoms with van der Waals surface area (Å²) < 4.78 is 5.60. The molecule has 86 valence electrons. The predicted octanol–water partition coefficient (Wildman–Crippen LogP) is 2.99. The Labute approximate surface area is 101 Å². The maximum atomic E-state index is 10.4. The first-order valence-electron chi connectivity index (χ1n) is 5.57. The van der Waals surface area contributed by atoms with Crippen molar-refractivity contribution in [3.63, 3.8) is 0 Å². The zero-order valence-electron chi connectivity index (χ0n) is 9.45. The zero-order chi connectivity index (χ0) is 11.9. The van der Waals surface area contributed by atoms with Crippen LogP contribution in [0.1, 0.15) is 17.2 Å². The van der Waals surface area contributed by atoms with Gasteiger partial charge >= 0.3 is 0 Å². The standard InChI is InChI=1S/C15H14O2/c16-11-12-17-15(13-7-3-1-4-8-13)14-9-5-2-6-10-14/h1-11,15H,12H2. The van der Waals surface area contributed by atoms with E-state index in [9.17, 15) is 4.79 Å². The molecule has 0 fully saturated rings. The Hall–Kier alpha value is -1.93. The lowest BCUT2D eigenvalue weighted by Crippen LogP contribution is -2.07. The summed E-state index contributed by atoms with van der Waals surface area (Å²) >= 11 is 0. The lowest BCUT2D eigenvalue weighted by molar-refractivity contribution is -0.113. The van der Waals surface area contributed by atoms with Crippen LogP contribution in [0, 0.1) is 0 Å². The van der Waals surface area contributed by atoms with Crippen LogP contribution in [0.15, 0.2) is 60.7 Å². The second-order valence-corrected chi connectivity index (χ2v) is 3.70. The van der Waals surface area contributed by atoms with Gasteiger partial charge in [0.05, 0.1) is 0 Å². The highest BCUT2D eigenvalue weighted by Crippen LogP contribution is 2.25. The molecule has 0 heterocycles. The van der Waals surface area contributed by atoms with E-state index in [1.165, 1.54) is 0 Å². The van der Waals surface area contributed by atoms with Gasteiger partial charge in [-0.15, -0.1) is 0 Å². The molecule has 0 saturated heterocycles. The molecular formula is C15H14O2. The van der Waals surface area contributed by atoms with Crippen LogP contribution < -0.4 is 0 Å². The van der Waals surface area contributed by atoms with E-state index >= 15 is 0 Å². The van der Waals surface area contributed by atoms with Crippen LogP contribution in [0.4, 0.5) is 0 Å². The van der Waals surface area contributed by atoms with Crippen molar-refractivity contribution in [3.05, 3.63) is 71.8 Å². The van der Waals surface area contributed by atoms with Crippen molar-refractivity contribution in [1.29, 1.82) is 0 Å². The highest BCUT2D eigenvalue weighted by atomic mass is 16.5. The average Bonchev–Trinajstić information content (AvgIpc) is 2.42. The number of aldehydes is 1. The number of rotatable bonds is 5. The lowest BCUT2D eigenvalue weighted by atomic mass is 10.0. The van der Waals surface area contributed by atoms with Crippen molar-refractivity contribution < 1.29 is 9.53 Å². The molecule has 0 N–H and O–H groups in total. The molecule has 0 aliphatic rings. The summed E-state index contributed by atoms with van der Waals surface area (Å²) in [5, 5.41) is 0. The molecule has 2 aromatic carbocycles. The molecule has 17 heavy (non-hydrogen) atoms. The Kier molecular flexibility index (Phi) is 4.05. The first-order chi connectivity index (χ1) is 8.42. The van der Waals surface area contributed by atoms with E-state index in [1.54, 1.807) is 0 Å². The molecule has 0 saturated carbocycles. The molecule has 2 rings (SSSR count). The molecule has 2 aromatic rings. The maximum Gasteiger partial charge on any atom is 0.145 e. The molecule has 0 bridgehead atoms. The fourth-order valence-corrected chi connectivity index (χ4v) is 1.78. The minimum absolute atomic E-state index is 0.106. The Balaban J connectivity index is 2.29. The Bertz CT molecular complexity index is 411. The Morgan fingerprint density at radius 2 is 1.35 bits per heavy atom. The van der Waals surface area contributed by atoms with Crippen LogP contribution in [0.25, 0.3) is 0 Å². The third-order valence-electron chi connectivity index (χ3n) is 2.54. The summed E-state index contributed by atoms with van der Waals surface area (Å²) in [6, 6.07) is 19.8. The number of benzene rings is 2. The Morgan fingerprint density at radius 1 is 0.882 bits per heavy atom. The van der Waals surface area contributed by atoms with E-state index in [-0.39, 0.29) is 12.7 Å². The zero-order valence-corrected chi connectivity index (χ0v) is 9.45. The number of ether oxygens (including phenoxy) is 1. The molecular weight excluding hydrogens is 212 g/mol. The van der Waals surface area contributed by atoms with E-state index in [0.29, 0.717) is 0 Å². The number of hydrogen-bond acceptors (Lipinski definition) is 2. The first-order valence-corrected chi connectivity index (χ1v) is 5.57. The second-order valence-electron chi connectivity index (χ2n) is 3.70. The molecule has 2 heteroatoms. The van der Waals surface area contributed by atoms with Gasteiger partial charge in [-0.25, -0.2) is 0 Å². The topological polar surface area (TPSA) is 26.3 Å². The van der Waals surface area contributed by atoms with E-state index in [4.69, 9.17) is 4.74 Å². The third kappa shape index (κ3) is 3.02. The van der Waals surface area contributed by atoms with Crippen molar-refractivity contribution in [2.24, 2.45) is 0 Å². The fourth-order valence-electron chi connectivity index (χ4n) is 1.78. The van der Waals surface area contributed by atoms with Gasteiger partial charge in [0.2, 0.25) is 0 Å². The maximum absolute atomic E-state index is 10.4. The molecule has 0 atom stereocenters. The van der Waals surface area contributed by atoms with Crippen LogP contribution in [-0.2, 0) is 9.53 Å². The molecule has 0 amide bonds. The highest BCUT2D eigenvalue weighted by Gasteiger charge is 2.13. The molecule has 0 aliphatic heterocycles. The molecule has 0 spiro atoms. The van der Waals surface area contributed by atoms with Gasteiger partial charge < -0.3 is 9.53 Å². The van der Waals surface area contributed by atoms with E-state index in [2.05, 4.69) is 0 Å². The summed E-state index contributed by atoms with van der Waals surface area (Å²) in [6.07, 6.45) is 0.599. The van der Waals surface area contributed by atoms with Gasteiger partial charge in [-0.05, 0) is 11.1 Å². The predicted molar refractivity (Wildman–Crippen MR) is 66.7 cm³/mol. The SMILES string of the molecule is O=CCOC(c1ccccc1)c1ccccc1. The van der Waals surface area contributed by atoms with Gasteiger partial charge in [0.15, 0.2) is 0 Å². The molecule has 0 aromatic heterocycles. The summed E-state index contributed by atoms with van der Waals surface area (Å²) in [5.41, 5.74) is 2.11. The van der Waals surface area contributed by atoms with Gasteiger partial charge in [0, 0.05) is 0 Å². The molecule has 0 aliphatic carbocycles. The Morgan fingerprint density at radius 3 is 1.76 bits per heavy atom. The van der Waals surface area contributed by atoms with Crippen molar-refractivity contribution >= 4 is 6.29 Å². The average molecular weight is 226 g/mol. The normalized spacial score (nSPS) is 10.4. The third-order valence-corrected chi connectivity index (χ3v) is 2.54. The number of carbonyl (C=O) groups excluding carboxylic acids is 1. The van der Waals surface area contributed by atoms with Crippen LogP contribution in [-0.4, -0.2) is 12.9 Å². The van der Waals surface area contributed by atoms with Crippen molar-refractivity contribution in [2.45, 2.75) is 6.10 Å². The number of carbonyl (C=O) groups is 1. The van der Waals surface area contributed by atoms with Crippen LogP contribution in [0.2, 0.25) is 0 Å². The second kappa shape index (κ2) is 5.97. The largest absolute Gasteiger partial charge is 0.361 e. The first kappa shape index (κ1) is 11.6. The monoisotopic (exact) mass is 226 g/mol. The minimum atomic E-state index is -0.178. The van der Waals surface area contributed by atoms with Gasteiger partial charge in [-0.1, -0.05) is 60.7 Å². The highest BCUT2D eigenvalue weighted by molar-refractivity contribution is 5.50. The van der Waals surface area contributed by atoms with E-state index in [1.807, 2.05) is 60.7 Å². The van der Waals surface area contributed by atoms with Gasteiger partial charge in [-0.2, -0.15) is 0 Å². The van der Waals surface area contributed by atoms with E-state index in [0.717, 1.165) is 17.4 Å². The van der Waals surface area contributed by atoms with Crippen molar-refractivity contribution in [2.75, 3.05) is 6.61 Å². The molecule has 0 radical (unpaired) electrons. The lowest BCUT2D eigenvalue weighted by Gasteiger charge is -2.17. The smallest absolute Gasteiger partial charge is 0.145 e. The van der Waals surface area contributed by atoms with Crippen molar-refractivity contribution in [1.82, 2.24) is 0 Å². The van der Waals surface area contributed by atoms with Crippen LogP contribution in [0.3, 0.4) is 0 Å². The van der Waals surface area contributed by atoms with Gasteiger partial charge in [0.1, 0.15) is 19.0 Å². The van der Waals surface area contributed by atoms with Gasteiger partial charge in [0.25, 0.3) is 0 Å². The summed E-state index contributed by atoms with van der Waals surface area (Å²) in [5.74, 6) is 0. The van der Waals surface area contributed by atoms with Crippen molar-refractivity contribution in [3.8, 4) is 0 Å². The summed E-state index contributed by atoms with van der Waals surface area (Å²) in [6.45, 7) is 0.106. The molecule has 0 unspecified atom stereocenters. The van der Waals surface area contributed by atoms with Crippen LogP contribution in [0.5, 0.6) is 0 Å².